The van der Waals surface area contributed by atoms with Gasteiger partial charge in [0.2, 0.25) is 0 Å². The highest BCUT2D eigenvalue weighted by Gasteiger charge is 2.28. The Labute approximate surface area is 222 Å². The third-order valence-corrected chi connectivity index (χ3v) is 6.76. The zero-order chi connectivity index (χ0) is 26.4. The standard InChI is InChI=1S/C27H32N6O3S/c1-4-36-26(35)19(3)30-27(37)32-14-11-20(12-15-32)24-23(10-5-18(2)29-24)25(34)31-21-6-8-22(9-7-21)33-16-13-28-17-33/h5-10,13,16-17,19-20H,4,11-12,14-15H2,1-3H3,(H,30,37)(H,31,34). The van der Waals surface area contributed by atoms with Crippen LogP contribution in [-0.4, -0.2) is 62.2 Å². The van der Waals surface area contributed by atoms with Crippen LogP contribution in [0.5, 0.6) is 0 Å². The van der Waals surface area contributed by atoms with E-state index < -0.39 is 6.04 Å². The van der Waals surface area contributed by atoms with Crippen LogP contribution in [0.2, 0.25) is 0 Å². The predicted molar refractivity (Wildman–Crippen MR) is 146 cm³/mol. The summed E-state index contributed by atoms with van der Waals surface area (Å²) in [4.78, 5) is 36.1. The van der Waals surface area contributed by atoms with E-state index in [0.29, 0.717) is 36.1 Å². The molecule has 1 unspecified atom stereocenters. The fourth-order valence-electron chi connectivity index (χ4n) is 4.37. The Morgan fingerprint density at radius 2 is 1.89 bits per heavy atom. The van der Waals surface area contributed by atoms with Crippen molar-refractivity contribution in [1.82, 2.24) is 24.8 Å². The molecule has 1 fully saturated rings. The molecule has 9 nitrogen and oxygen atoms in total. The van der Waals surface area contributed by atoms with Gasteiger partial charge in [-0.05, 0) is 82.2 Å². The average molecular weight is 521 g/mol. The van der Waals surface area contributed by atoms with Gasteiger partial charge in [-0.1, -0.05) is 0 Å². The van der Waals surface area contributed by atoms with Crippen LogP contribution >= 0.6 is 12.2 Å². The number of hydrogen-bond donors (Lipinski definition) is 2. The number of hydrogen-bond acceptors (Lipinski definition) is 6. The molecule has 0 aliphatic carbocycles. The van der Waals surface area contributed by atoms with Crippen molar-refractivity contribution < 1.29 is 14.3 Å². The van der Waals surface area contributed by atoms with E-state index in [4.69, 9.17) is 21.9 Å². The summed E-state index contributed by atoms with van der Waals surface area (Å²) in [6.07, 6.45) is 6.91. The molecule has 0 radical (unpaired) electrons. The molecule has 1 saturated heterocycles. The highest BCUT2D eigenvalue weighted by Crippen LogP contribution is 2.30. The van der Waals surface area contributed by atoms with Crippen molar-refractivity contribution in [3.63, 3.8) is 0 Å². The Morgan fingerprint density at radius 1 is 1.16 bits per heavy atom. The molecule has 3 aromatic rings. The molecular formula is C27H32N6O3S. The third-order valence-electron chi connectivity index (χ3n) is 6.39. The first-order valence-electron chi connectivity index (χ1n) is 12.4. The third kappa shape index (κ3) is 6.51. The SMILES string of the molecule is CCOC(=O)C(C)NC(=S)N1CCC(c2nc(C)ccc2C(=O)Nc2ccc(-n3ccnc3)cc2)CC1. The second-order valence-electron chi connectivity index (χ2n) is 9.04. The van der Waals surface area contributed by atoms with Crippen molar-refractivity contribution in [2.45, 2.75) is 45.6 Å². The van der Waals surface area contributed by atoms with Crippen LogP contribution in [0.3, 0.4) is 0 Å². The number of aryl methyl sites for hydroxylation is 1. The summed E-state index contributed by atoms with van der Waals surface area (Å²) < 4.78 is 6.95. The molecule has 0 spiro atoms. The van der Waals surface area contributed by atoms with Gasteiger partial charge < -0.3 is 24.8 Å². The van der Waals surface area contributed by atoms with Crippen molar-refractivity contribution in [3.8, 4) is 5.69 Å². The van der Waals surface area contributed by atoms with E-state index in [1.807, 2.05) is 54.1 Å². The van der Waals surface area contributed by atoms with Gasteiger partial charge in [-0.25, -0.2) is 9.78 Å². The van der Waals surface area contributed by atoms with Gasteiger partial charge in [0.1, 0.15) is 6.04 Å². The molecule has 1 aliphatic rings. The van der Waals surface area contributed by atoms with Crippen molar-refractivity contribution in [2.75, 3.05) is 25.0 Å². The second-order valence-corrected chi connectivity index (χ2v) is 9.43. The fraction of sp³-hybridized carbons (Fsp3) is 0.370. The number of nitrogens with one attached hydrogen (secondary N) is 2. The van der Waals surface area contributed by atoms with Gasteiger partial charge in [0, 0.05) is 48.5 Å². The number of nitrogens with zero attached hydrogens (tertiary/aromatic N) is 4. The zero-order valence-corrected chi connectivity index (χ0v) is 22.1. The number of pyridine rings is 1. The highest BCUT2D eigenvalue weighted by molar-refractivity contribution is 7.80. The zero-order valence-electron chi connectivity index (χ0n) is 21.3. The van der Waals surface area contributed by atoms with Crippen molar-refractivity contribution in [1.29, 1.82) is 0 Å². The minimum absolute atomic E-state index is 0.130. The summed E-state index contributed by atoms with van der Waals surface area (Å²) in [5.41, 5.74) is 3.94. The smallest absolute Gasteiger partial charge is 0.328 e. The number of piperidine rings is 1. The number of amides is 1. The lowest BCUT2D eigenvalue weighted by atomic mass is 9.90. The molecule has 0 saturated carbocycles. The largest absolute Gasteiger partial charge is 0.464 e. The maximum absolute atomic E-state index is 13.3. The fourth-order valence-corrected chi connectivity index (χ4v) is 4.73. The molecule has 1 aliphatic heterocycles. The number of aromatic nitrogens is 3. The van der Waals surface area contributed by atoms with Gasteiger partial charge in [-0.3, -0.25) is 9.78 Å². The van der Waals surface area contributed by atoms with Crippen LogP contribution in [0.4, 0.5) is 5.69 Å². The van der Waals surface area contributed by atoms with E-state index in [-0.39, 0.29) is 17.8 Å². The van der Waals surface area contributed by atoms with E-state index in [9.17, 15) is 9.59 Å². The Morgan fingerprint density at radius 3 is 2.54 bits per heavy atom. The van der Waals surface area contributed by atoms with E-state index in [1.165, 1.54) is 0 Å². The van der Waals surface area contributed by atoms with Crippen molar-refractivity contribution in [2.24, 2.45) is 0 Å². The summed E-state index contributed by atoms with van der Waals surface area (Å²) in [6, 6.07) is 10.8. The Balaban J connectivity index is 1.40. The number of anilines is 1. The molecule has 1 aromatic carbocycles. The first-order valence-corrected chi connectivity index (χ1v) is 12.9. The number of benzene rings is 1. The number of carbonyl (C=O) groups excluding carboxylic acids is 2. The Kier molecular flexibility index (Phi) is 8.50. The molecule has 10 heteroatoms. The minimum Gasteiger partial charge on any atom is -0.464 e. The first kappa shape index (κ1) is 26.3. The topological polar surface area (TPSA) is 101 Å². The first-order chi connectivity index (χ1) is 17.9. The normalized spacial score (nSPS) is 14.6. The van der Waals surface area contributed by atoms with Gasteiger partial charge in [0.25, 0.3) is 5.91 Å². The maximum atomic E-state index is 13.3. The van der Waals surface area contributed by atoms with E-state index in [2.05, 4.69) is 20.5 Å². The molecule has 4 rings (SSSR count). The molecule has 1 atom stereocenters. The van der Waals surface area contributed by atoms with Gasteiger partial charge in [-0.15, -0.1) is 0 Å². The molecule has 1 amide bonds. The number of likely N-dealkylation sites (tertiary alicyclic amines) is 1. The van der Waals surface area contributed by atoms with E-state index in [0.717, 1.165) is 29.9 Å². The molecule has 2 aromatic heterocycles. The van der Waals surface area contributed by atoms with Crippen LogP contribution in [0.25, 0.3) is 5.69 Å². The van der Waals surface area contributed by atoms with E-state index >= 15 is 0 Å². The van der Waals surface area contributed by atoms with Crippen LogP contribution in [0.15, 0.2) is 55.1 Å². The monoisotopic (exact) mass is 520 g/mol. The minimum atomic E-state index is -0.507. The highest BCUT2D eigenvalue weighted by atomic mass is 32.1. The number of ether oxygens (including phenoxy) is 1. The molecule has 194 valence electrons. The molecule has 3 heterocycles. The van der Waals surface area contributed by atoms with Gasteiger partial charge >= 0.3 is 5.97 Å². The molecule has 0 bridgehead atoms. The van der Waals surface area contributed by atoms with Gasteiger partial charge in [0.05, 0.1) is 24.2 Å². The lowest BCUT2D eigenvalue weighted by molar-refractivity contribution is -0.144. The van der Waals surface area contributed by atoms with Crippen LogP contribution in [0.1, 0.15) is 54.4 Å². The van der Waals surface area contributed by atoms with Crippen molar-refractivity contribution >= 4 is 34.9 Å². The predicted octanol–water partition coefficient (Wildman–Crippen LogP) is 3.83. The summed E-state index contributed by atoms with van der Waals surface area (Å²) in [7, 11) is 0. The van der Waals surface area contributed by atoms with Gasteiger partial charge in [-0.2, -0.15) is 0 Å². The molecule has 37 heavy (non-hydrogen) atoms. The Hall–Kier alpha value is -3.79. The van der Waals surface area contributed by atoms with Crippen molar-refractivity contribution in [3.05, 3.63) is 72.1 Å². The number of thiocarbonyl (C=S) groups is 1. The average Bonchev–Trinajstić information content (AvgIpc) is 3.44. The second kappa shape index (κ2) is 12.0. The summed E-state index contributed by atoms with van der Waals surface area (Å²) in [5, 5.41) is 6.61. The van der Waals surface area contributed by atoms with Crippen LogP contribution in [0, 0.1) is 6.92 Å². The Bertz CT molecular complexity index is 1240. The number of esters is 1. The van der Waals surface area contributed by atoms with Gasteiger partial charge in [0.15, 0.2) is 5.11 Å². The molecule has 2 N–H and O–H groups in total. The summed E-state index contributed by atoms with van der Waals surface area (Å²) in [6.45, 7) is 7.20. The maximum Gasteiger partial charge on any atom is 0.328 e. The lowest BCUT2D eigenvalue weighted by Gasteiger charge is -2.34. The summed E-state index contributed by atoms with van der Waals surface area (Å²) >= 11 is 5.53. The summed E-state index contributed by atoms with van der Waals surface area (Å²) in [5.74, 6) is -0.373. The van der Waals surface area contributed by atoms with Crippen LogP contribution in [-0.2, 0) is 9.53 Å². The van der Waals surface area contributed by atoms with Crippen LogP contribution < -0.4 is 10.6 Å². The number of carbonyl (C=O) groups is 2. The van der Waals surface area contributed by atoms with E-state index in [1.54, 1.807) is 26.4 Å². The number of imidazole rings is 1. The number of rotatable bonds is 7. The lowest BCUT2D eigenvalue weighted by Crippen LogP contribution is -2.49. The molecular weight excluding hydrogens is 488 g/mol. The quantitative estimate of drug-likeness (QED) is 0.358.